The summed E-state index contributed by atoms with van der Waals surface area (Å²) in [4.78, 5) is 76.2. The van der Waals surface area contributed by atoms with Gasteiger partial charge in [-0.1, -0.05) is 23.5 Å². The predicted octanol–water partition coefficient (Wildman–Crippen LogP) is 5.35. The van der Waals surface area contributed by atoms with Crippen molar-refractivity contribution in [2.75, 3.05) is 63.9 Å². The first-order chi connectivity index (χ1) is 33.0. The predicted molar refractivity (Wildman–Crippen MR) is 261 cm³/mol. The lowest BCUT2D eigenvalue weighted by atomic mass is 9.94. The van der Waals surface area contributed by atoms with E-state index in [0.29, 0.717) is 94.0 Å². The van der Waals surface area contributed by atoms with E-state index in [9.17, 15) is 28.8 Å². The van der Waals surface area contributed by atoms with Gasteiger partial charge in [-0.25, -0.2) is 19.1 Å². The lowest BCUT2D eigenvalue weighted by Gasteiger charge is -2.26. The third-order valence-electron chi connectivity index (χ3n) is 10.1. The lowest BCUT2D eigenvalue weighted by Crippen LogP contribution is -2.47. The number of nitrogens with one attached hydrogen (secondary N) is 4. The van der Waals surface area contributed by atoms with E-state index in [1.54, 1.807) is 79.3 Å². The summed E-state index contributed by atoms with van der Waals surface area (Å²) in [6.07, 6.45) is 3.53. The number of ether oxygens (including phenoxy) is 7. The Morgan fingerprint density at radius 1 is 0.857 bits per heavy atom. The van der Waals surface area contributed by atoms with Gasteiger partial charge in [0, 0.05) is 59.9 Å². The van der Waals surface area contributed by atoms with Crippen LogP contribution in [0.2, 0.25) is 0 Å². The first-order valence-corrected chi connectivity index (χ1v) is 24.8. The molecule has 2 aliphatic heterocycles. The van der Waals surface area contributed by atoms with E-state index in [1.807, 2.05) is 11.8 Å². The largest absolute Gasteiger partial charge is 0.458 e. The van der Waals surface area contributed by atoms with E-state index in [0.717, 1.165) is 25.0 Å². The van der Waals surface area contributed by atoms with Gasteiger partial charge in [0.2, 0.25) is 11.8 Å². The standard InChI is InChI=1S/C49H73N7O13S/c1-47(2,3)67-44(60)38(53-46(62)69-49(7,8)9)29-40(57)35-17-16-33(27-37(35)52-45(61)68-48(4,5)6)13-12-20-66-31-34-30-56(55-54-34)19-22-64-24-26-65-25-23-63-21-18-50-42(58)15-11-10-14-41-36-28-43(59)51-39(36)32-70-41/h16-17,27,30,36,38-39,41H,10-11,14-15,18-26,28-29,31-32H2,1-9H3,(H,50,58)(H,51,59)(H,52,61)(H,53,62)/t36-,38-,39-,41-/m0/s1. The van der Waals surface area contributed by atoms with E-state index < -0.39 is 53.2 Å². The highest BCUT2D eigenvalue weighted by Gasteiger charge is 2.42. The fourth-order valence-corrected chi connectivity index (χ4v) is 8.82. The number of aromatic nitrogens is 3. The van der Waals surface area contributed by atoms with Gasteiger partial charge in [0.1, 0.15) is 35.1 Å². The molecule has 2 aliphatic rings. The van der Waals surface area contributed by atoms with Crippen LogP contribution in [0, 0.1) is 17.8 Å². The summed E-state index contributed by atoms with van der Waals surface area (Å²) in [7, 11) is 0. The van der Waals surface area contributed by atoms with Crippen LogP contribution in [0.3, 0.4) is 0 Å². The minimum atomic E-state index is -1.40. The van der Waals surface area contributed by atoms with Crippen LogP contribution in [0.25, 0.3) is 0 Å². The van der Waals surface area contributed by atoms with E-state index >= 15 is 0 Å². The summed E-state index contributed by atoms with van der Waals surface area (Å²) in [5.41, 5.74) is -1.44. The molecule has 4 N–H and O–H groups in total. The third kappa shape index (κ3) is 22.7. The summed E-state index contributed by atoms with van der Waals surface area (Å²) in [5, 5.41) is 19.8. The maximum Gasteiger partial charge on any atom is 0.412 e. The van der Waals surface area contributed by atoms with E-state index in [1.165, 1.54) is 12.1 Å². The van der Waals surface area contributed by atoms with Crippen molar-refractivity contribution in [1.82, 2.24) is 30.9 Å². The molecule has 1 aromatic carbocycles. The molecular formula is C49H73N7O13S. The highest BCUT2D eigenvalue weighted by molar-refractivity contribution is 8.00. The number of amides is 4. The van der Waals surface area contributed by atoms with Crippen LogP contribution in [0.1, 0.15) is 122 Å². The van der Waals surface area contributed by atoms with Gasteiger partial charge >= 0.3 is 18.2 Å². The number of alkyl carbamates (subject to hydrolysis) is 1. The van der Waals surface area contributed by atoms with Crippen molar-refractivity contribution in [1.29, 1.82) is 0 Å². The van der Waals surface area contributed by atoms with Crippen LogP contribution in [0.4, 0.5) is 15.3 Å². The lowest BCUT2D eigenvalue weighted by molar-refractivity contribution is -0.157. The number of ketones is 1. The second-order valence-electron chi connectivity index (χ2n) is 19.9. The van der Waals surface area contributed by atoms with Gasteiger partial charge in [-0.15, -0.1) is 5.10 Å². The average molecular weight is 1000 g/mol. The Morgan fingerprint density at radius 3 is 2.23 bits per heavy atom. The summed E-state index contributed by atoms with van der Waals surface area (Å²) < 4.78 is 40.3. The smallest absolute Gasteiger partial charge is 0.412 e. The molecule has 2 fully saturated rings. The normalized spacial score (nSPS) is 17.1. The Morgan fingerprint density at radius 2 is 1.53 bits per heavy atom. The molecule has 0 saturated carbocycles. The van der Waals surface area contributed by atoms with Crippen molar-refractivity contribution in [3.05, 3.63) is 41.2 Å². The topological polar surface area (TPSA) is 246 Å². The van der Waals surface area contributed by atoms with Crippen molar-refractivity contribution in [3.8, 4) is 11.8 Å². The number of fused-ring (bicyclic) bond motifs is 1. The Balaban J connectivity index is 1.11. The second-order valence-corrected chi connectivity index (χ2v) is 21.1. The van der Waals surface area contributed by atoms with Crippen LogP contribution in [-0.2, 0) is 60.7 Å². The van der Waals surface area contributed by atoms with Gasteiger partial charge in [-0.2, -0.15) is 11.8 Å². The zero-order valence-corrected chi connectivity index (χ0v) is 43.0. The quantitative estimate of drug-likeness (QED) is 0.0305. The molecule has 2 saturated heterocycles. The van der Waals surface area contributed by atoms with Crippen molar-refractivity contribution in [2.24, 2.45) is 5.92 Å². The highest BCUT2D eigenvalue weighted by atomic mass is 32.2. The number of carbonyl (C=O) groups is 6. The van der Waals surface area contributed by atoms with Gasteiger partial charge in [0.25, 0.3) is 0 Å². The SMILES string of the molecule is CC(C)(C)OC(=O)Nc1cc(C#CCOCc2cn(CCOCCOCCOCCNC(=O)CCCC[C@@H]3SC[C@@H]4NC(=O)C[C@@H]43)nn2)ccc1C(=O)C[C@H](NC(=O)OC(C)(C)C)C(=O)OC(C)(C)C. The van der Waals surface area contributed by atoms with Crippen molar-refractivity contribution in [2.45, 2.75) is 148 Å². The molecule has 21 heteroatoms. The minimum Gasteiger partial charge on any atom is -0.458 e. The summed E-state index contributed by atoms with van der Waals surface area (Å²) >= 11 is 1.95. The zero-order chi connectivity index (χ0) is 51.3. The van der Waals surface area contributed by atoms with Crippen molar-refractivity contribution in [3.63, 3.8) is 0 Å². The fraction of sp³-hybridized carbons (Fsp3) is 0.673. The summed E-state index contributed by atoms with van der Waals surface area (Å²) in [6, 6.07) is 3.48. The molecule has 4 amide bonds. The Bertz CT molecular complexity index is 2120. The van der Waals surface area contributed by atoms with Crippen LogP contribution in [0.5, 0.6) is 0 Å². The molecular weight excluding hydrogens is 927 g/mol. The van der Waals surface area contributed by atoms with E-state index in [2.05, 4.69) is 43.4 Å². The van der Waals surface area contributed by atoms with Crippen LogP contribution >= 0.6 is 11.8 Å². The number of Topliss-reactive ketones (excluding diaryl/α,β-unsaturated/α-hetero) is 1. The molecule has 1 aromatic heterocycles. The van der Waals surface area contributed by atoms with Crippen molar-refractivity contribution >= 4 is 53.2 Å². The molecule has 20 nitrogen and oxygen atoms in total. The molecule has 4 rings (SSSR count). The molecule has 388 valence electrons. The van der Waals surface area contributed by atoms with Crippen LogP contribution in [-0.4, -0.2) is 143 Å². The van der Waals surface area contributed by atoms with Gasteiger partial charge < -0.3 is 49.1 Å². The molecule has 0 bridgehead atoms. The van der Waals surface area contributed by atoms with E-state index in [-0.39, 0.29) is 36.3 Å². The maximum atomic E-state index is 13.8. The van der Waals surface area contributed by atoms with E-state index in [4.69, 9.17) is 33.2 Å². The highest BCUT2D eigenvalue weighted by Crippen LogP contribution is 2.40. The minimum absolute atomic E-state index is 0.0267. The molecule has 0 spiro atoms. The number of anilines is 1. The first kappa shape index (κ1) is 57.3. The number of rotatable bonds is 26. The van der Waals surface area contributed by atoms with Crippen LogP contribution < -0.4 is 21.3 Å². The summed E-state index contributed by atoms with van der Waals surface area (Å²) in [6.45, 7) is 18.6. The second kappa shape index (κ2) is 27.9. The van der Waals surface area contributed by atoms with Crippen molar-refractivity contribution < 1.29 is 61.9 Å². The molecule has 4 atom stereocenters. The number of hydrogen-bond donors (Lipinski definition) is 4. The maximum absolute atomic E-state index is 13.8. The molecule has 2 aromatic rings. The van der Waals surface area contributed by atoms with Crippen LogP contribution in [0.15, 0.2) is 24.4 Å². The zero-order valence-electron chi connectivity index (χ0n) is 42.2. The first-order valence-electron chi connectivity index (χ1n) is 23.8. The Kier molecular flexibility index (Phi) is 22.9. The van der Waals surface area contributed by atoms with Gasteiger partial charge in [0.15, 0.2) is 5.78 Å². The van der Waals surface area contributed by atoms with Gasteiger partial charge in [-0.05, 0) is 93.4 Å². The summed E-state index contributed by atoms with van der Waals surface area (Å²) in [5.74, 6) is 6.10. The van der Waals surface area contributed by atoms with Gasteiger partial charge in [0.05, 0.1) is 64.7 Å². The van der Waals surface area contributed by atoms with Gasteiger partial charge in [-0.3, -0.25) is 19.7 Å². The number of thioether (sulfide) groups is 1. The third-order valence-corrected chi connectivity index (χ3v) is 11.7. The number of carbonyl (C=O) groups excluding carboxylic acids is 6. The fourth-order valence-electron chi connectivity index (χ4n) is 7.17. The number of unbranched alkanes of at least 4 members (excludes halogenated alkanes) is 1. The Labute approximate surface area is 415 Å². The molecule has 0 unspecified atom stereocenters. The molecule has 0 radical (unpaired) electrons. The monoisotopic (exact) mass is 999 g/mol. The Hall–Kier alpha value is -5.27. The average Bonchev–Trinajstić information content (AvgIpc) is 3.96. The number of benzene rings is 1. The molecule has 3 heterocycles. The number of esters is 1. The molecule has 70 heavy (non-hydrogen) atoms. The number of nitrogens with zero attached hydrogens (tertiary/aromatic N) is 3. The molecule has 0 aliphatic carbocycles. The number of hydrogen-bond acceptors (Lipinski definition) is 16.